The van der Waals surface area contributed by atoms with E-state index in [2.05, 4.69) is 0 Å². The van der Waals surface area contributed by atoms with Gasteiger partial charge >= 0.3 is 0 Å². The predicted molar refractivity (Wildman–Crippen MR) is 72.3 cm³/mol. The molecule has 2 heteroatoms. The minimum atomic E-state index is 0.179. The van der Waals surface area contributed by atoms with E-state index in [4.69, 9.17) is 0 Å². The molecule has 100 valence electrons. The van der Waals surface area contributed by atoms with Gasteiger partial charge in [-0.15, -0.1) is 0 Å². The van der Waals surface area contributed by atoms with Gasteiger partial charge in [0.1, 0.15) is 0 Å². The van der Waals surface area contributed by atoms with E-state index >= 15 is 0 Å². The highest BCUT2D eigenvalue weighted by Crippen LogP contribution is 2.26. The number of carbonyl (C=O) groups is 2. The fraction of sp³-hybridized carbons (Fsp3) is 0.750. The summed E-state index contributed by atoms with van der Waals surface area (Å²) >= 11 is 0. The number of allylic oxidation sites excluding steroid dienone is 2. The lowest BCUT2D eigenvalue weighted by Gasteiger charge is -2.19. The molecule has 0 spiro atoms. The highest BCUT2D eigenvalue weighted by atomic mass is 16.1. The van der Waals surface area contributed by atoms with Crippen LogP contribution in [0.15, 0.2) is 12.2 Å². The molecule has 0 heterocycles. The molecule has 2 rings (SSSR count). The molecule has 0 unspecified atom stereocenters. The van der Waals surface area contributed by atoms with Crippen LogP contribution >= 0.6 is 0 Å². The maximum Gasteiger partial charge on any atom is 0.158 e. The van der Waals surface area contributed by atoms with E-state index < -0.39 is 0 Å². The third kappa shape index (κ3) is 3.79. The van der Waals surface area contributed by atoms with Crippen LogP contribution in [0.2, 0.25) is 0 Å². The molecule has 2 saturated carbocycles. The number of carbonyl (C=O) groups excluding carboxylic acids is 2. The van der Waals surface area contributed by atoms with Gasteiger partial charge in [0, 0.05) is 11.8 Å². The van der Waals surface area contributed by atoms with Crippen molar-refractivity contribution in [1.82, 2.24) is 0 Å². The van der Waals surface area contributed by atoms with Crippen LogP contribution in [0.3, 0.4) is 0 Å². The van der Waals surface area contributed by atoms with E-state index in [-0.39, 0.29) is 23.4 Å². The summed E-state index contributed by atoms with van der Waals surface area (Å²) in [5.41, 5.74) is 0. The zero-order valence-electron chi connectivity index (χ0n) is 11.2. The second-order valence-electron chi connectivity index (χ2n) is 5.81. The summed E-state index contributed by atoms with van der Waals surface area (Å²) in [6.45, 7) is 0. The standard InChI is InChI=1S/C16H24O2/c17-15(13-7-3-1-4-8-13)11-12-16(18)14-9-5-2-6-10-14/h11-14H,1-10H2. The second-order valence-corrected chi connectivity index (χ2v) is 5.81. The molecule has 2 nitrogen and oxygen atoms in total. The van der Waals surface area contributed by atoms with Crippen LogP contribution in [0.1, 0.15) is 64.2 Å². The Balaban J connectivity index is 1.81. The molecule has 0 aromatic heterocycles. The van der Waals surface area contributed by atoms with Crippen LogP contribution in [0.25, 0.3) is 0 Å². The molecular weight excluding hydrogens is 224 g/mol. The average molecular weight is 248 g/mol. The van der Waals surface area contributed by atoms with Crippen molar-refractivity contribution in [1.29, 1.82) is 0 Å². The van der Waals surface area contributed by atoms with Gasteiger partial charge in [0.2, 0.25) is 0 Å². The van der Waals surface area contributed by atoms with Crippen molar-refractivity contribution in [3.8, 4) is 0 Å². The highest BCUT2D eigenvalue weighted by molar-refractivity contribution is 6.00. The van der Waals surface area contributed by atoms with Crippen molar-refractivity contribution in [3.63, 3.8) is 0 Å². The first kappa shape index (κ1) is 13.5. The molecule has 2 aliphatic carbocycles. The number of rotatable bonds is 4. The Morgan fingerprint density at radius 2 is 0.944 bits per heavy atom. The van der Waals surface area contributed by atoms with Crippen LogP contribution in [0.5, 0.6) is 0 Å². The van der Waals surface area contributed by atoms with Crippen molar-refractivity contribution in [2.24, 2.45) is 11.8 Å². The molecule has 0 aromatic carbocycles. The van der Waals surface area contributed by atoms with Gasteiger partial charge in [-0.2, -0.15) is 0 Å². The Labute approximate surface area is 110 Å². The van der Waals surface area contributed by atoms with Crippen LogP contribution in [-0.4, -0.2) is 11.6 Å². The minimum Gasteiger partial charge on any atom is -0.295 e. The van der Waals surface area contributed by atoms with Crippen molar-refractivity contribution in [2.45, 2.75) is 64.2 Å². The minimum absolute atomic E-state index is 0.179. The van der Waals surface area contributed by atoms with Crippen molar-refractivity contribution >= 4 is 11.6 Å². The molecule has 0 atom stereocenters. The van der Waals surface area contributed by atoms with Gasteiger partial charge in [-0.05, 0) is 37.8 Å². The Bertz CT molecular complexity index is 286. The fourth-order valence-corrected chi connectivity index (χ4v) is 3.21. The number of hydrogen-bond acceptors (Lipinski definition) is 2. The summed E-state index contributed by atoms with van der Waals surface area (Å²) in [5.74, 6) is 0.737. The monoisotopic (exact) mass is 248 g/mol. The summed E-state index contributed by atoms with van der Waals surface area (Å²) in [5, 5.41) is 0. The molecule has 2 fully saturated rings. The van der Waals surface area contributed by atoms with Crippen LogP contribution in [0.4, 0.5) is 0 Å². The zero-order chi connectivity index (χ0) is 12.8. The average Bonchev–Trinajstić information content (AvgIpc) is 2.46. The van der Waals surface area contributed by atoms with Gasteiger partial charge in [-0.25, -0.2) is 0 Å². The molecular formula is C16H24O2. The Kier molecular flexibility index (Phi) is 5.15. The van der Waals surface area contributed by atoms with Crippen LogP contribution in [0, 0.1) is 11.8 Å². The first-order chi connectivity index (χ1) is 8.77. The van der Waals surface area contributed by atoms with Gasteiger partial charge in [-0.3, -0.25) is 9.59 Å². The molecule has 0 radical (unpaired) electrons. The first-order valence-electron chi connectivity index (χ1n) is 7.53. The van der Waals surface area contributed by atoms with Gasteiger partial charge in [0.15, 0.2) is 11.6 Å². The summed E-state index contributed by atoms with van der Waals surface area (Å²) in [4.78, 5) is 23.9. The third-order valence-electron chi connectivity index (χ3n) is 4.43. The SMILES string of the molecule is O=C(C=CC(=O)C1CCCCC1)C1CCCCC1. The fourth-order valence-electron chi connectivity index (χ4n) is 3.21. The molecule has 0 amide bonds. The van der Waals surface area contributed by atoms with E-state index in [0.29, 0.717) is 0 Å². The van der Waals surface area contributed by atoms with E-state index in [1.54, 1.807) is 12.2 Å². The molecule has 2 aliphatic rings. The predicted octanol–water partition coefficient (Wildman–Crippen LogP) is 3.84. The maximum atomic E-state index is 11.9. The molecule has 0 N–H and O–H groups in total. The third-order valence-corrected chi connectivity index (χ3v) is 4.43. The molecule has 0 saturated heterocycles. The number of hydrogen-bond donors (Lipinski definition) is 0. The Hall–Kier alpha value is -0.920. The van der Waals surface area contributed by atoms with E-state index in [1.807, 2.05) is 0 Å². The Morgan fingerprint density at radius 1 is 0.611 bits per heavy atom. The largest absolute Gasteiger partial charge is 0.295 e. The highest BCUT2D eigenvalue weighted by Gasteiger charge is 2.21. The summed E-state index contributed by atoms with van der Waals surface area (Å²) in [7, 11) is 0. The lowest BCUT2D eigenvalue weighted by molar-refractivity contribution is -0.121. The summed E-state index contributed by atoms with van der Waals surface area (Å²) in [6, 6.07) is 0. The van der Waals surface area contributed by atoms with Gasteiger partial charge in [-0.1, -0.05) is 38.5 Å². The second kappa shape index (κ2) is 6.86. The van der Waals surface area contributed by atoms with Crippen LogP contribution in [-0.2, 0) is 9.59 Å². The summed E-state index contributed by atoms with van der Waals surface area (Å²) in [6.07, 6.45) is 14.4. The van der Waals surface area contributed by atoms with E-state index in [1.165, 1.54) is 38.5 Å². The summed E-state index contributed by atoms with van der Waals surface area (Å²) < 4.78 is 0. The van der Waals surface area contributed by atoms with Crippen molar-refractivity contribution in [2.75, 3.05) is 0 Å². The molecule has 18 heavy (non-hydrogen) atoms. The van der Waals surface area contributed by atoms with E-state index in [0.717, 1.165) is 25.7 Å². The molecule has 0 bridgehead atoms. The van der Waals surface area contributed by atoms with Crippen molar-refractivity contribution in [3.05, 3.63) is 12.2 Å². The maximum absolute atomic E-state index is 11.9. The van der Waals surface area contributed by atoms with Gasteiger partial charge < -0.3 is 0 Å². The first-order valence-corrected chi connectivity index (χ1v) is 7.53. The quantitative estimate of drug-likeness (QED) is 0.708. The zero-order valence-corrected chi connectivity index (χ0v) is 11.2. The van der Waals surface area contributed by atoms with Crippen LogP contribution < -0.4 is 0 Å². The van der Waals surface area contributed by atoms with E-state index in [9.17, 15) is 9.59 Å². The smallest absolute Gasteiger partial charge is 0.158 e. The molecule has 0 aromatic rings. The Morgan fingerprint density at radius 3 is 1.28 bits per heavy atom. The lowest BCUT2D eigenvalue weighted by atomic mass is 9.84. The van der Waals surface area contributed by atoms with Gasteiger partial charge in [0.05, 0.1) is 0 Å². The topological polar surface area (TPSA) is 34.1 Å². The van der Waals surface area contributed by atoms with Gasteiger partial charge in [0.25, 0.3) is 0 Å². The lowest BCUT2D eigenvalue weighted by Crippen LogP contribution is -2.18. The normalized spacial score (nSPS) is 23.3. The molecule has 0 aliphatic heterocycles. The van der Waals surface area contributed by atoms with Crippen molar-refractivity contribution < 1.29 is 9.59 Å². The number of ketones is 2.